The molecular formula is C35H37N5O4. The minimum atomic E-state index is -0.342. The summed E-state index contributed by atoms with van der Waals surface area (Å²) in [6.07, 6.45) is 6.91. The third kappa shape index (κ3) is 5.77. The van der Waals surface area contributed by atoms with Crippen molar-refractivity contribution in [1.29, 1.82) is 0 Å². The van der Waals surface area contributed by atoms with Crippen molar-refractivity contribution in [3.05, 3.63) is 95.7 Å². The molecule has 3 aromatic heterocycles. The van der Waals surface area contributed by atoms with Gasteiger partial charge in [0.05, 0.1) is 42.4 Å². The number of hydrogen-bond acceptors (Lipinski definition) is 8. The van der Waals surface area contributed by atoms with E-state index in [1.165, 1.54) is 7.11 Å². The molecule has 0 radical (unpaired) electrons. The number of ether oxygens (including phenoxy) is 3. The van der Waals surface area contributed by atoms with Crippen LogP contribution in [0.5, 0.6) is 5.88 Å². The SMILES string of the molecule is COC(=O)c1ccc2nc(C(C)N3CCC(c4cccc(OCc5ccc6cnccc6c5)n4)CC3)n(CC3CCO3)c2c1. The molecule has 226 valence electrons. The molecule has 7 rings (SSSR count). The van der Waals surface area contributed by atoms with Crippen molar-refractivity contribution >= 4 is 27.8 Å². The Balaban J connectivity index is 1.03. The average molecular weight is 592 g/mol. The Kier molecular flexibility index (Phi) is 7.97. The predicted octanol–water partition coefficient (Wildman–Crippen LogP) is 6.07. The van der Waals surface area contributed by atoms with E-state index >= 15 is 0 Å². The van der Waals surface area contributed by atoms with Crippen LogP contribution in [-0.2, 0) is 22.6 Å². The first-order valence-electron chi connectivity index (χ1n) is 15.4. The fourth-order valence-electron chi connectivity index (χ4n) is 6.39. The van der Waals surface area contributed by atoms with Gasteiger partial charge in [0.25, 0.3) is 0 Å². The van der Waals surface area contributed by atoms with Gasteiger partial charge in [-0.3, -0.25) is 9.88 Å². The van der Waals surface area contributed by atoms with Crippen LogP contribution in [0.1, 0.15) is 65.6 Å². The van der Waals surface area contributed by atoms with E-state index in [2.05, 4.69) is 45.6 Å². The number of pyridine rings is 2. The van der Waals surface area contributed by atoms with Gasteiger partial charge in [0.2, 0.25) is 5.88 Å². The van der Waals surface area contributed by atoms with Gasteiger partial charge in [0, 0.05) is 42.1 Å². The van der Waals surface area contributed by atoms with Crippen LogP contribution in [0.2, 0.25) is 0 Å². The first-order chi connectivity index (χ1) is 21.6. The molecular weight excluding hydrogens is 554 g/mol. The Labute approximate surface area is 256 Å². The number of imidazole rings is 1. The van der Waals surface area contributed by atoms with E-state index in [1.807, 2.05) is 42.7 Å². The van der Waals surface area contributed by atoms with Gasteiger partial charge in [-0.2, -0.15) is 0 Å². The van der Waals surface area contributed by atoms with Crippen LogP contribution in [-0.4, -0.2) is 63.3 Å². The summed E-state index contributed by atoms with van der Waals surface area (Å²) in [5, 5.41) is 2.27. The molecule has 2 aliphatic heterocycles. The highest BCUT2D eigenvalue weighted by Gasteiger charge is 2.30. The molecule has 2 aliphatic rings. The van der Waals surface area contributed by atoms with Crippen LogP contribution >= 0.6 is 0 Å². The Hall–Kier alpha value is -4.34. The lowest BCUT2D eigenvalue weighted by atomic mass is 9.92. The third-order valence-corrected chi connectivity index (χ3v) is 9.08. The zero-order chi connectivity index (χ0) is 30.0. The number of carbonyl (C=O) groups excluding carboxylic acids is 1. The molecule has 5 heterocycles. The van der Waals surface area contributed by atoms with Gasteiger partial charge in [0.15, 0.2) is 0 Å². The first-order valence-corrected chi connectivity index (χ1v) is 15.4. The van der Waals surface area contributed by atoms with Crippen LogP contribution in [0.4, 0.5) is 0 Å². The number of fused-ring (bicyclic) bond motifs is 2. The largest absolute Gasteiger partial charge is 0.473 e. The van der Waals surface area contributed by atoms with E-state index in [1.54, 1.807) is 6.07 Å². The van der Waals surface area contributed by atoms with Crippen molar-refractivity contribution < 1.29 is 19.0 Å². The number of nitrogens with zero attached hydrogens (tertiary/aromatic N) is 5. The van der Waals surface area contributed by atoms with Gasteiger partial charge in [-0.15, -0.1) is 0 Å². The fraction of sp³-hybridized carbons (Fsp3) is 0.371. The number of benzene rings is 2. The van der Waals surface area contributed by atoms with E-state index < -0.39 is 0 Å². The standard InChI is InChI=1S/C35H37N5O4/c1-23(34-38-31-9-8-27(35(41)42-2)19-32(31)40(34)21-29-13-17-43-29)39-15-11-25(12-16-39)30-4-3-5-33(37-30)44-22-24-6-7-28-20-36-14-10-26(28)18-24/h3-10,14,18-20,23,25,29H,11-13,15-17,21-22H2,1-2H3. The Morgan fingerprint density at radius 1 is 1.02 bits per heavy atom. The fourth-order valence-corrected chi connectivity index (χ4v) is 6.39. The highest BCUT2D eigenvalue weighted by Crippen LogP contribution is 2.34. The second-order valence-corrected chi connectivity index (χ2v) is 11.8. The first kappa shape index (κ1) is 28.4. The Morgan fingerprint density at radius 3 is 2.68 bits per heavy atom. The number of carbonyl (C=O) groups is 1. The normalized spacial score (nSPS) is 18.3. The van der Waals surface area contributed by atoms with E-state index in [9.17, 15) is 4.79 Å². The number of methoxy groups -OCH3 is 1. The molecule has 0 N–H and O–H groups in total. The van der Waals surface area contributed by atoms with Crippen molar-refractivity contribution in [2.24, 2.45) is 0 Å². The molecule has 2 aromatic carbocycles. The highest BCUT2D eigenvalue weighted by atomic mass is 16.5. The molecule has 0 amide bonds. The van der Waals surface area contributed by atoms with Gasteiger partial charge >= 0.3 is 5.97 Å². The maximum Gasteiger partial charge on any atom is 0.337 e. The topological polar surface area (TPSA) is 91.6 Å². The summed E-state index contributed by atoms with van der Waals surface area (Å²) in [4.78, 5) is 28.9. The monoisotopic (exact) mass is 591 g/mol. The van der Waals surface area contributed by atoms with Gasteiger partial charge < -0.3 is 18.8 Å². The number of rotatable bonds is 9. The zero-order valence-corrected chi connectivity index (χ0v) is 25.2. The van der Waals surface area contributed by atoms with Crippen molar-refractivity contribution in [3.8, 4) is 5.88 Å². The summed E-state index contributed by atoms with van der Waals surface area (Å²) < 4.78 is 19.1. The summed E-state index contributed by atoms with van der Waals surface area (Å²) >= 11 is 0. The van der Waals surface area contributed by atoms with Crippen LogP contribution < -0.4 is 4.74 Å². The van der Waals surface area contributed by atoms with Gasteiger partial charge in [-0.05, 0) is 86.6 Å². The number of aromatic nitrogens is 4. The predicted molar refractivity (Wildman–Crippen MR) is 168 cm³/mol. The van der Waals surface area contributed by atoms with Crippen LogP contribution in [0, 0.1) is 0 Å². The molecule has 9 nitrogen and oxygen atoms in total. The number of hydrogen-bond donors (Lipinski definition) is 0. The smallest absolute Gasteiger partial charge is 0.337 e. The van der Waals surface area contributed by atoms with Crippen LogP contribution in [0.3, 0.4) is 0 Å². The average Bonchev–Trinajstić information content (AvgIpc) is 3.42. The number of likely N-dealkylation sites (tertiary alicyclic amines) is 1. The molecule has 2 unspecified atom stereocenters. The van der Waals surface area contributed by atoms with E-state index in [0.29, 0.717) is 24.0 Å². The van der Waals surface area contributed by atoms with E-state index in [4.69, 9.17) is 24.2 Å². The maximum absolute atomic E-state index is 12.3. The van der Waals surface area contributed by atoms with Crippen molar-refractivity contribution in [2.45, 2.75) is 57.4 Å². The second-order valence-electron chi connectivity index (χ2n) is 11.8. The van der Waals surface area contributed by atoms with Gasteiger partial charge in [-0.1, -0.05) is 18.2 Å². The quantitative estimate of drug-likeness (QED) is 0.191. The molecule has 44 heavy (non-hydrogen) atoms. The molecule has 2 saturated heterocycles. The minimum absolute atomic E-state index is 0.116. The van der Waals surface area contributed by atoms with E-state index in [-0.39, 0.29) is 18.1 Å². The molecule has 2 fully saturated rings. The molecule has 9 heteroatoms. The third-order valence-electron chi connectivity index (χ3n) is 9.08. The highest BCUT2D eigenvalue weighted by molar-refractivity contribution is 5.93. The molecule has 0 saturated carbocycles. The van der Waals surface area contributed by atoms with Gasteiger partial charge in [-0.25, -0.2) is 14.8 Å². The maximum atomic E-state index is 12.3. The summed E-state index contributed by atoms with van der Waals surface area (Å²) in [6, 6.07) is 20.1. The Bertz CT molecular complexity index is 1790. The van der Waals surface area contributed by atoms with Crippen LogP contribution in [0.15, 0.2) is 73.1 Å². The lowest BCUT2D eigenvalue weighted by Gasteiger charge is -2.36. The lowest BCUT2D eigenvalue weighted by molar-refractivity contribution is -0.0594. The van der Waals surface area contributed by atoms with Crippen molar-refractivity contribution in [2.75, 3.05) is 26.8 Å². The summed E-state index contributed by atoms with van der Waals surface area (Å²) in [7, 11) is 1.41. The summed E-state index contributed by atoms with van der Waals surface area (Å²) in [5.41, 5.74) is 4.56. The summed E-state index contributed by atoms with van der Waals surface area (Å²) in [6.45, 7) is 6.12. The zero-order valence-electron chi connectivity index (χ0n) is 25.2. The molecule has 0 spiro atoms. The molecule has 0 aliphatic carbocycles. The van der Waals surface area contributed by atoms with Crippen molar-refractivity contribution in [1.82, 2.24) is 24.4 Å². The lowest BCUT2D eigenvalue weighted by Crippen LogP contribution is -2.37. The second kappa shape index (κ2) is 12.3. The van der Waals surface area contributed by atoms with E-state index in [0.717, 1.165) is 84.4 Å². The Morgan fingerprint density at radius 2 is 1.89 bits per heavy atom. The number of piperidine rings is 1. The number of esters is 1. The van der Waals surface area contributed by atoms with Crippen LogP contribution in [0.25, 0.3) is 21.8 Å². The molecule has 0 bridgehead atoms. The van der Waals surface area contributed by atoms with Crippen molar-refractivity contribution in [3.63, 3.8) is 0 Å². The minimum Gasteiger partial charge on any atom is -0.473 e. The molecule has 2 atom stereocenters. The summed E-state index contributed by atoms with van der Waals surface area (Å²) in [5.74, 6) is 1.70. The molecule has 5 aromatic rings. The van der Waals surface area contributed by atoms with Gasteiger partial charge in [0.1, 0.15) is 12.4 Å².